The Labute approximate surface area is 90.4 Å². The van der Waals surface area contributed by atoms with Gasteiger partial charge >= 0.3 is 0 Å². The van der Waals surface area contributed by atoms with Crippen molar-refractivity contribution in [2.75, 3.05) is 26.3 Å². The third kappa shape index (κ3) is 4.42. The Morgan fingerprint density at radius 3 is 3.07 bits per heavy atom. The van der Waals surface area contributed by atoms with Gasteiger partial charge in [-0.1, -0.05) is 11.6 Å². The minimum atomic E-state index is 0.168. The quantitative estimate of drug-likeness (QED) is 0.778. The van der Waals surface area contributed by atoms with Crippen LogP contribution in [-0.2, 0) is 9.47 Å². The predicted octanol–water partition coefficient (Wildman–Crippen LogP) is 1.52. The molecule has 3 nitrogen and oxygen atoms in total. The van der Waals surface area contributed by atoms with Crippen LogP contribution in [0.5, 0.6) is 0 Å². The van der Waals surface area contributed by atoms with E-state index in [1.54, 1.807) is 5.54 Å². The third-order valence-electron chi connectivity index (χ3n) is 2.05. The van der Waals surface area contributed by atoms with E-state index in [2.05, 4.69) is 12.2 Å². The normalized spacial score (nSPS) is 29.2. The molecule has 1 rings (SSSR count). The van der Waals surface area contributed by atoms with E-state index in [9.17, 15) is 0 Å². The molecule has 1 aliphatic rings. The van der Waals surface area contributed by atoms with Crippen LogP contribution >= 0.6 is 11.6 Å². The zero-order valence-electron chi connectivity index (χ0n) is 8.75. The Bertz CT molecular complexity index is 197. The molecule has 1 fully saturated rings. The van der Waals surface area contributed by atoms with Crippen LogP contribution < -0.4 is 5.32 Å². The van der Waals surface area contributed by atoms with Gasteiger partial charge in [-0.2, -0.15) is 0 Å². The molecule has 2 atom stereocenters. The van der Waals surface area contributed by atoms with Crippen LogP contribution in [0.2, 0.25) is 0 Å². The molecule has 1 heterocycles. The molecule has 0 saturated carbocycles. The summed E-state index contributed by atoms with van der Waals surface area (Å²) in [4.78, 5) is 0. The monoisotopic (exact) mass is 219 g/mol. The molecular weight excluding hydrogens is 202 g/mol. The number of halogens is 1. The van der Waals surface area contributed by atoms with Crippen molar-refractivity contribution in [2.45, 2.75) is 26.1 Å². The van der Waals surface area contributed by atoms with E-state index >= 15 is 0 Å². The lowest BCUT2D eigenvalue weighted by atomic mass is 10.2. The fraction of sp³-hybridized carbons (Fsp3) is 0.800. The molecule has 0 amide bonds. The Hall–Kier alpha value is -0.0900. The molecule has 82 valence electrons. The topological polar surface area (TPSA) is 30.5 Å². The summed E-state index contributed by atoms with van der Waals surface area (Å²) in [7, 11) is 0. The summed E-state index contributed by atoms with van der Waals surface area (Å²) in [6, 6.07) is 0. The van der Waals surface area contributed by atoms with Gasteiger partial charge in [0.1, 0.15) is 0 Å². The summed E-state index contributed by atoms with van der Waals surface area (Å²) in [5.74, 6) is 0. The van der Waals surface area contributed by atoms with Gasteiger partial charge in [0.05, 0.1) is 25.4 Å². The largest absolute Gasteiger partial charge is 0.374 e. The molecule has 2 unspecified atom stereocenters. The van der Waals surface area contributed by atoms with Gasteiger partial charge in [0.2, 0.25) is 0 Å². The molecule has 1 saturated heterocycles. The molecule has 0 radical (unpaired) electrons. The second kappa shape index (κ2) is 6.40. The van der Waals surface area contributed by atoms with Gasteiger partial charge in [0.25, 0.3) is 0 Å². The van der Waals surface area contributed by atoms with Gasteiger partial charge in [-0.05, 0) is 19.4 Å². The average Bonchev–Trinajstić information content (AvgIpc) is 2.17. The predicted molar refractivity (Wildman–Crippen MR) is 57.6 cm³/mol. The number of rotatable bonds is 4. The summed E-state index contributed by atoms with van der Waals surface area (Å²) in [5.41, 5.74) is 2.58. The highest BCUT2D eigenvalue weighted by Crippen LogP contribution is 2.04. The SMILES string of the molecule is CC(=CCl)COCC1CNCC(C)O1. The third-order valence-corrected chi connectivity index (χ3v) is 2.42. The lowest BCUT2D eigenvalue weighted by molar-refractivity contribution is -0.0655. The van der Waals surface area contributed by atoms with E-state index in [1.165, 1.54) is 0 Å². The highest BCUT2D eigenvalue weighted by molar-refractivity contribution is 6.25. The van der Waals surface area contributed by atoms with E-state index in [0.717, 1.165) is 18.7 Å². The molecule has 1 aliphatic heterocycles. The van der Waals surface area contributed by atoms with Crippen LogP contribution in [0, 0.1) is 0 Å². The summed E-state index contributed by atoms with van der Waals surface area (Å²) < 4.78 is 11.1. The smallest absolute Gasteiger partial charge is 0.0936 e. The number of hydrogen-bond acceptors (Lipinski definition) is 3. The van der Waals surface area contributed by atoms with E-state index in [1.807, 2.05) is 6.92 Å². The minimum absolute atomic E-state index is 0.168. The number of morpholine rings is 1. The minimum Gasteiger partial charge on any atom is -0.374 e. The highest BCUT2D eigenvalue weighted by Gasteiger charge is 2.18. The first-order valence-corrected chi connectivity index (χ1v) is 5.35. The lowest BCUT2D eigenvalue weighted by Crippen LogP contribution is -2.45. The second-order valence-electron chi connectivity index (χ2n) is 3.70. The molecule has 14 heavy (non-hydrogen) atoms. The van der Waals surface area contributed by atoms with Crippen LogP contribution in [0.4, 0.5) is 0 Å². The van der Waals surface area contributed by atoms with Crippen molar-refractivity contribution in [1.29, 1.82) is 0 Å². The molecular formula is C10H18ClNO2. The second-order valence-corrected chi connectivity index (χ2v) is 3.92. The number of nitrogens with one attached hydrogen (secondary N) is 1. The van der Waals surface area contributed by atoms with Crippen LogP contribution in [0.3, 0.4) is 0 Å². The zero-order valence-corrected chi connectivity index (χ0v) is 9.51. The van der Waals surface area contributed by atoms with E-state index in [0.29, 0.717) is 13.2 Å². The number of hydrogen-bond donors (Lipinski definition) is 1. The zero-order chi connectivity index (χ0) is 10.4. The van der Waals surface area contributed by atoms with Crippen molar-refractivity contribution in [3.05, 3.63) is 11.1 Å². The maximum atomic E-state index is 5.66. The molecule has 4 heteroatoms. The molecule has 0 aliphatic carbocycles. The Kier molecular flexibility index (Phi) is 5.48. The maximum absolute atomic E-state index is 5.66. The summed E-state index contributed by atoms with van der Waals surface area (Å²) in [6.45, 7) is 7.00. The molecule has 0 aromatic heterocycles. The van der Waals surface area contributed by atoms with Crippen LogP contribution in [0.1, 0.15) is 13.8 Å². The fourth-order valence-corrected chi connectivity index (χ4v) is 1.42. The van der Waals surface area contributed by atoms with E-state index in [-0.39, 0.29) is 12.2 Å². The lowest BCUT2D eigenvalue weighted by Gasteiger charge is -2.28. The average molecular weight is 220 g/mol. The Morgan fingerprint density at radius 1 is 1.64 bits per heavy atom. The first kappa shape index (κ1) is 12.0. The van der Waals surface area contributed by atoms with E-state index in [4.69, 9.17) is 21.1 Å². The van der Waals surface area contributed by atoms with Gasteiger partial charge in [0, 0.05) is 18.6 Å². The van der Waals surface area contributed by atoms with Gasteiger partial charge in [-0.25, -0.2) is 0 Å². The van der Waals surface area contributed by atoms with Gasteiger partial charge < -0.3 is 14.8 Å². The highest BCUT2D eigenvalue weighted by atomic mass is 35.5. The summed E-state index contributed by atoms with van der Waals surface area (Å²) in [6.07, 6.45) is 0.448. The molecule has 0 spiro atoms. The summed E-state index contributed by atoms with van der Waals surface area (Å²) >= 11 is 5.51. The molecule has 0 bridgehead atoms. The van der Waals surface area contributed by atoms with Crippen molar-refractivity contribution in [3.63, 3.8) is 0 Å². The van der Waals surface area contributed by atoms with Gasteiger partial charge in [-0.15, -0.1) is 0 Å². The first-order valence-electron chi connectivity index (χ1n) is 4.92. The standard InChI is InChI=1S/C10H18ClNO2/c1-8(3-11)6-13-7-10-5-12-4-9(2)14-10/h3,9-10,12H,4-7H2,1-2H3. The Balaban J connectivity index is 2.11. The van der Waals surface area contributed by atoms with Crippen molar-refractivity contribution in [2.24, 2.45) is 0 Å². The van der Waals surface area contributed by atoms with Crippen molar-refractivity contribution in [3.8, 4) is 0 Å². The number of ether oxygens (including phenoxy) is 2. The fourth-order valence-electron chi connectivity index (χ4n) is 1.35. The van der Waals surface area contributed by atoms with E-state index < -0.39 is 0 Å². The van der Waals surface area contributed by atoms with Crippen LogP contribution in [0.25, 0.3) is 0 Å². The van der Waals surface area contributed by atoms with Gasteiger partial charge in [-0.3, -0.25) is 0 Å². The first-order chi connectivity index (χ1) is 6.72. The van der Waals surface area contributed by atoms with Crippen LogP contribution in [-0.4, -0.2) is 38.5 Å². The van der Waals surface area contributed by atoms with Crippen molar-refractivity contribution < 1.29 is 9.47 Å². The Morgan fingerprint density at radius 2 is 2.43 bits per heavy atom. The van der Waals surface area contributed by atoms with Crippen LogP contribution in [0.15, 0.2) is 11.1 Å². The maximum Gasteiger partial charge on any atom is 0.0936 e. The molecule has 0 aromatic rings. The molecule has 1 N–H and O–H groups in total. The van der Waals surface area contributed by atoms with Crippen molar-refractivity contribution >= 4 is 11.6 Å². The summed E-state index contributed by atoms with van der Waals surface area (Å²) in [5, 5.41) is 3.29. The van der Waals surface area contributed by atoms with Gasteiger partial charge in [0.15, 0.2) is 0 Å². The van der Waals surface area contributed by atoms with Crippen molar-refractivity contribution in [1.82, 2.24) is 5.32 Å². The molecule has 0 aromatic carbocycles.